The molecule has 0 spiro atoms. The lowest BCUT2D eigenvalue weighted by atomic mass is 10.0. The van der Waals surface area contributed by atoms with Gasteiger partial charge in [-0.15, -0.1) is 0 Å². The Morgan fingerprint density at radius 3 is 1.90 bits per heavy atom. The van der Waals surface area contributed by atoms with Crippen molar-refractivity contribution in [1.29, 1.82) is 0 Å². The first-order valence-corrected chi connectivity index (χ1v) is 7.18. The average Bonchev–Trinajstić information content (AvgIpc) is 3.23. The first-order chi connectivity index (χ1) is 10.2. The van der Waals surface area contributed by atoms with Crippen molar-refractivity contribution in [1.82, 2.24) is 0 Å². The highest BCUT2D eigenvalue weighted by molar-refractivity contribution is 5.72. The minimum absolute atomic E-state index is 0.0726. The second kappa shape index (κ2) is 5.70. The van der Waals surface area contributed by atoms with Crippen LogP contribution in [0.5, 0.6) is 0 Å². The quantitative estimate of drug-likeness (QED) is 0.856. The fraction of sp³-hybridized carbons (Fsp3) is 0.278. The number of ether oxygens (including phenoxy) is 1. The summed E-state index contributed by atoms with van der Waals surface area (Å²) < 4.78 is 5.64. The lowest BCUT2D eigenvalue weighted by molar-refractivity contribution is -0.150. The third-order valence-electron chi connectivity index (χ3n) is 3.75. The van der Waals surface area contributed by atoms with Gasteiger partial charge in [0, 0.05) is 0 Å². The van der Waals surface area contributed by atoms with E-state index in [2.05, 4.69) is 0 Å². The lowest BCUT2D eigenvalue weighted by Crippen LogP contribution is -2.19. The molecule has 0 bridgehead atoms. The van der Waals surface area contributed by atoms with Crippen molar-refractivity contribution in [3.63, 3.8) is 0 Å². The van der Waals surface area contributed by atoms with Crippen LogP contribution >= 0.6 is 0 Å². The number of rotatable bonds is 5. The molecular formula is C18H18O3. The molecule has 0 amide bonds. The van der Waals surface area contributed by atoms with Crippen molar-refractivity contribution < 1.29 is 14.6 Å². The number of aliphatic hydroxyl groups is 1. The van der Waals surface area contributed by atoms with E-state index in [1.807, 2.05) is 60.7 Å². The molecule has 3 nitrogen and oxygen atoms in total. The molecule has 1 fully saturated rings. The maximum absolute atomic E-state index is 12.1. The zero-order valence-corrected chi connectivity index (χ0v) is 11.7. The summed E-state index contributed by atoms with van der Waals surface area (Å²) in [5.74, 6) is -0.354. The summed E-state index contributed by atoms with van der Waals surface area (Å²) in [7, 11) is 0. The van der Waals surface area contributed by atoms with Gasteiger partial charge in [0.15, 0.2) is 6.10 Å². The Morgan fingerprint density at radius 2 is 1.48 bits per heavy atom. The van der Waals surface area contributed by atoms with Crippen LogP contribution < -0.4 is 0 Å². The average molecular weight is 282 g/mol. The van der Waals surface area contributed by atoms with Gasteiger partial charge in [-0.2, -0.15) is 0 Å². The molecule has 0 saturated heterocycles. The second-order valence-corrected chi connectivity index (χ2v) is 5.59. The molecule has 2 aromatic carbocycles. The van der Waals surface area contributed by atoms with E-state index >= 15 is 0 Å². The molecule has 108 valence electrons. The second-order valence-electron chi connectivity index (χ2n) is 5.59. The molecular weight excluding hydrogens is 264 g/mol. The van der Waals surface area contributed by atoms with Gasteiger partial charge < -0.3 is 9.84 Å². The first kappa shape index (κ1) is 13.8. The molecule has 1 saturated carbocycles. The van der Waals surface area contributed by atoms with Crippen LogP contribution in [0.15, 0.2) is 60.7 Å². The maximum Gasteiger partial charge on any atom is 0.309 e. The SMILES string of the molecule is O=C(CC1(O)CC1)OC(c1ccccc1)c1ccccc1. The van der Waals surface area contributed by atoms with Gasteiger partial charge in [-0.1, -0.05) is 60.7 Å². The number of esters is 1. The van der Waals surface area contributed by atoms with Gasteiger partial charge >= 0.3 is 5.97 Å². The summed E-state index contributed by atoms with van der Waals surface area (Å²) >= 11 is 0. The van der Waals surface area contributed by atoms with Crippen molar-refractivity contribution in [2.45, 2.75) is 31.0 Å². The maximum atomic E-state index is 12.1. The molecule has 0 unspecified atom stereocenters. The first-order valence-electron chi connectivity index (χ1n) is 7.18. The molecule has 1 N–H and O–H groups in total. The summed E-state index contributed by atoms with van der Waals surface area (Å²) in [4.78, 5) is 12.1. The van der Waals surface area contributed by atoms with E-state index in [9.17, 15) is 9.90 Å². The molecule has 0 aromatic heterocycles. The van der Waals surface area contributed by atoms with Crippen molar-refractivity contribution in [3.8, 4) is 0 Å². The highest BCUT2D eigenvalue weighted by atomic mass is 16.5. The Morgan fingerprint density at radius 1 is 1.00 bits per heavy atom. The van der Waals surface area contributed by atoms with Crippen LogP contribution in [0.2, 0.25) is 0 Å². The largest absolute Gasteiger partial charge is 0.452 e. The van der Waals surface area contributed by atoms with Gasteiger partial charge in [0.2, 0.25) is 0 Å². The molecule has 0 heterocycles. The third kappa shape index (κ3) is 3.50. The number of carbonyl (C=O) groups is 1. The van der Waals surface area contributed by atoms with E-state index in [0.29, 0.717) is 12.8 Å². The van der Waals surface area contributed by atoms with Gasteiger partial charge in [0.05, 0.1) is 12.0 Å². The topological polar surface area (TPSA) is 46.5 Å². The highest BCUT2D eigenvalue weighted by Crippen LogP contribution is 2.39. The number of hydrogen-bond donors (Lipinski definition) is 1. The van der Waals surface area contributed by atoms with Crippen LogP contribution in [0.4, 0.5) is 0 Å². The van der Waals surface area contributed by atoms with Crippen LogP contribution in [0.25, 0.3) is 0 Å². The molecule has 3 heteroatoms. The smallest absolute Gasteiger partial charge is 0.309 e. The molecule has 1 aliphatic carbocycles. The van der Waals surface area contributed by atoms with E-state index in [1.54, 1.807) is 0 Å². The predicted octanol–water partition coefficient (Wildman–Crippen LogP) is 3.23. The van der Waals surface area contributed by atoms with Crippen LogP contribution in [-0.4, -0.2) is 16.7 Å². The summed E-state index contributed by atoms with van der Waals surface area (Å²) in [6, 6.07) is 19.3. The summed E-state index contributed by atoms with van der Waals surface area (Å²) in [5.41, 5.74) is 1.04. The predicted molar refractivity (Wildman–Crippen MR) is 79.6 cm³/mol. The lowest BCUT2D eigenvalue weighted by Gasteiger charge is -2.19. The van der Waals surface area contributed by atoms with Crippen LogP contribution in [0, 0.1) is 0 Å². The Bertz CT molecular complexity index is 563. The molecule has 3 rings (SSSR count). The van der Waals surface area contributed by atoms with Crippen molar-refractivity contribution >= 4 is 5.97 Å². The monoisotopic (exact) mass is 282 g/mol. The number of hydrogen-bond acceptors (Lipinski definition) is 3. The Balaban J connectivity index is 1.81. The normalized spacial score (nSPS) is 15.7. The standard InChI is InChI=1S/C18H18O3/c19-16(13-18(20)11-12-18)21-17(14-7-3-1-4-8-14)15-9-5-2-6-10-15/h1-10,17,20H,11-13H2. The number of carbonyl (C=O) groups excluding carboxylic acids is 1. The van der Waals surface area contributed by atoms with Gasteiger partial charge in [0.25, 0.3) is 0 Å². The minimum atomic E-state index is -0.824. The summed E-state index contributed by atoms with van der Waals surface area (Å²) in [5, 5.41) is 9.85. The molecule has 0 aliphatic heterocycles. The van der Waals surface area contributed by atoms with E-state index in [4.69, 9.17) is 4.74 Å². The Kier molecular flexibility index (Phi) is 3.76. The minimum Gasteiger partial charge on any atom is -0.452 e. The Hall–Kier alpha value is -2.13. The third-order valence-corrected chi connectivity index (χ3v) is 3.75. The Labute approximate surface area is 124 Å². The van der Waals surface area contributed by atoms with Gasteiger partial charge in [-0.25, -0.2) is 0 Å². The summed E-state index contributed by atoms with van der Waals surface area (Å²) in [6.07, 6.45) is 1.01. The summed E-state index contributed by atoms with van der Waals surface area (Å²) in [6.45, 7) is 0. The van der Waals surface area contributed by atoms with Crippen LogP contribution in [0.3, 0.4) is 0 Å². The molecule has 0 radical (unpaired) electrons. The van der Waals surface area contributed by atoms with E-state index < -0.39 is 11.7 Å². The van der Waals surface area contributed by atoms with E-state index in [1.165, 1.54) is 0 Å². The van der Waals surface area contributed by atoms with Crippen molar-refractivity contribution in [2.24, 2.45) is 0 Å². The molecule has 1 aliphatic rings. The molecule has 21 heavy (non-hydrogen) atoms. The number of benzene rings is 2. The van der Waals surface area contributed by atoms with Gasteiger partial charge in [-0.3, -0.25) is 4.79 Å². The van der Waals surface area contributed by atoms with Gasteiger partial charge in [0.1, 0.15) is 0 Å². The van der Waals surface area contributed by atoms with E-state index in [-0.39, 0.29) is 12.4 Å². The highest BCUT2D eigenvalue weighted by Gasteiger charge is 2.43. The fourth-order valence-corrected chi connectivity index (χ4v) is 2.35. The zero-order chi connectivity index (χ0) is 14.7. The fourth-order valence-electron chi connectivity index (χ4n) is 2.35. The van der Waals surface area contributed by atoms with Crippen LogP contribution in [0.1, 0.15) is 36.5 Å². The van der Waals surface area contributed by atoms with Crippen molar-refractivity contribution in [2.75, 3.05) is 0 Å². The van der Waals surface area contributed by atoms with Crippen LogP contribution in [-0.2, 0) is 9.53 Å². The molecule has 2 aromatic rings. The van der Waals surface area contributed by atoms with Gasteiger partial charge in [-0.05, 0) is 24.0 Å². The van der Waals surface area contributed by atoms with E-state index in [0.717, 1.165) is 11.1 Å². The van der Waals surface area contributed by atoms with Crippen molar-refractivity contribution in [3.05, 3.63) is 71.8 Å². The molecule has 0 atom stereocenters. The zero-order valence-electron chi connectivity index (χ0n) is 11.7.